The van der Waals surface area contributed by atoms with E-state index >= 15 is 0 Å². The fourth-order valence-corrected chi connectivity index (χ4v) is 2.58. The first kappa shape index (κ1) is 13.5. The molecule has 1 unspecified atom stereocenters. The number of aliphatic hydroxyl groups is 1. The lowest BCUT2D eigenvalue weighted by Crippen LogP contribution is -2.26. The Bertz CT molecular complexity index is 392. The van der Waals surface area contributed by atoms with E-state index in [2.05, 4.69) is 42.4 Å². The van der Waals surface area contributed by atoms with Crippen LogP contribution in [0.2, 0.25) is 0 Å². The topological polar surface area (TPSA) is 35.5 Å². The Labute approximate surface area is 110 Å². The highest BCUT2D eigenvalue weighted by Crippen LogP contribution is 2.21. The van der Waals surface area contributed by atoms with Crippen molar-refractivity contribution in [3.05, 3.63) is 34.9 Å². The summed E-state index contributed by atoms with van der Waals surface area (Å²) < 4.78 is 0. The molecule has 2 rings (SSSR count). The van der Waals surface area contributed by atoms with Gasteiger partial charge in [0.2, 0.25) is 0 Å². The number of benzene rings is 1. The molecule has 0 aliphatic carbocycles. The summed E-state index contributed by atoms with van der Waals surface area (Å²) in [5.41, 5.74) is 3.81. The molecule has 0 aromatic heterocycles. The van der Waals surface area contributed by atoms with Crippen LogP contribution < -0.4 is 5.32 Å². The van der Waals surface area contributed by atoms with E-state index in [0.29, 0.717) is 6.54 Å². The van der Waals surface area contributed by atoms with Crippen LogP contribution in [0, 0.1) is 0 Å². The summed E-state index contributed by atoms with van der Waals surface area (Å²) in [6.07, 6.45) is 1.84. The second-order valence-corrected chi connectivity index (χ2v) is 5.23. The Morgan fingerprint density at radius 3 is 3.00 bits per heavy atom. The highest BCUT2D eigenvalue weighted by atomic mass is 16.3. The molecule has 0 amide bonds. The lowest BCUT2D eigenvalue weighted by molar-refractivity contribution is 0.127. The van der Waals surface area contributed by atoms with Crippen molar-refractivity contribution in [3.8, 4) is 0 Å². The summed E-state index contributed by atoms with van der Waals surface area (Å²) in [4.78, 5) is 2.18. The third-order valence-corrected chi connectivity index (χ3v) is 3.59. The van der Waals surface area contributed by atoms with E-state index in [4.69, 9.17) is 0 Å². The maximum Gasteiger partial charge on any atom is 0.0916 e. The van der Waals surface area contributed by atoms with E-state index in [9.17, 15) is 5.11 Å². The van der Waals surface area contributed by atoms with Gasteiger partial charge in [-0.1, -0.05) is 25.1 Å². The summed E-state index contributed by atoms with van der Waals surface area (Å²) in [6.45, 7) is 5.89. The fourth-order valence-electron chi connectivity index (χ4n) is 2.58. The van der Waals surface area contributed by atoms with Gasteiger partial charge in [0.1, 0.15) is 0 Å². The van der Waals surface area contributed by atoms with E-state index in [1.54, 1.807) is 0 Å². The quantitative estimate of drug-likeness (QED) is 0.832. The zero-order chi connectivity index (χ0) is 13.0. The molecule has 2 N–H and O–H groups in total. The van der Waals surface area contributed by atoms with Crippen LogP contribution in [0.4, 0.5) is 0 Å². The minimum absolute atomic E-state index is 0.381. The van der Waals surface area contributed by atoms with Gasteiger partial charge in [-0.25, -0.2) is 0 Å². The highest BCUT2D eigenvalue weighted by molar-refractivity contribution is 5.34. The molecule has 0 saturated carbocycles. The highest BCUT2D eigenvalue weighted by Gasteiger charge is 2.14. The molecule has 1 atom stereocenters. The summed E-state index contributed by atoms with van der Waals surface area (Å²) in [6, 6.07) is 6.41. The molecule has 3 heteroatoms. The average Bonchev–Trinajstić information content (AvgIpc) is 2.38. The minimum atomic E-state index is -0.381. The third kappa shape index (κ3) is 3.31. The van der Waals surface area contributed by atoms with Crippen molar-refractivity contribution in [2.24, 2.45) is 0 Å². The zero-order valence-corrected chi connectivity index (χ0v) is 11.4. The lowest BCUT2D eigenvalue weighted by Gasteiger charge is -2.22. The second kappa shape index (κ2) is 6.32. The molecular weight excluding hydrogens is 224 g/mol. The van der Waals surface area contributed by atoms with Crippen LogP contribution in [-0.2, 0) is 13.0 Å². The molecule has 1 aliphatic rings. The standard InChI is InChI=1S/C15H24N2O/c1-3-8-17(2)11-15(18)13-5-4-12-6-7-16-10-14(12)9-13/h4-5,9,15-16,18H,3,6-8,10-11H2,1-2H3. The Morgan fingerprint density at radius 1 is 1.39 bits per heavy atom. The largest absolute Gasteiger partial charge is 0.387 e. The van der Waals surface area contributed by atoms with Crippen molar-refractivity contribution in [1.29, 1.82) is 0 Å². The molecule has 0 fully saturated rings. The Kier molecular flexibility index (Phi) is 4.75. The van der Waals surface area contributed by atoms with Crippen LogP contribution in [0.25, 0.3) is 0 Å². The van der Waals surface area contributed by atoms with Gasteiger partial charge in [0, 0.05) is 13.1 Å². The predicted octanol–water partition coefficient (Wildman–Crippen LogP) is 1.71. The van der Waals surface area contributed by atoms with Crippen LogP contribution in [0.1, 0.15) is 36.1 Å². The van der Waals surface area contributed by atoms with Gasteiger partial charge in [-0.15, -0.1) is 0 Å². The van der Waals surface area contributed by atoms with E-state index in [0.717, 1.165) is 38.0 Å². The molecule has 1 heterocycles. The lowest BCUT2D eigenvalue weighted by atomic mass is 9.96. The van der Waals surface area contributed by atoms with Crippen LogP contribution >= 0.6 is 0 Å². The number of aliphatic hydroxyl groups excluding tert-OH is 1. The third-order valence-electron chi connectivity index (χ3n) is 3.59. The molecular formula is C15H24N2O. The normalized spacial score (nSPS) is 16.7. The zero-order valence-electron chi connectivity index (χ0n) is 11.4. The molecule has 3 nitrogen and oxygen atoms in total. The van der Waals surface area contributed by atoms with Gasteiger partial charge in [0.25, 0.3) is 0 Å². The van der Waals surface area contributed by atoms with Crippen molar-refractivity contribution in [2.75, 3.05) is 26.7 Å². The van der Waals surface area contributed by atoms with Crippen LogP contribution in [0.15, 0.2) is 18.2 Å². The molecule has 0 radical (unpaired) electrons. The van der Waals surface area contributed by atoms with Crippen molar-refractivity contribution in [2.45, 2.75) is 32.4 Å². The monoisotopic (exact) mass is 248 g/mol. The maximum absolute atomic E-state index is 10.3. The average molecular weight is 248 g/mol. The van der Waals surface area contributed by atoms with Crippen LogP contribution in [-0.4, -0.2) is 36.7 Å². The summed E-state index contributed by atoms with van der Waals surface area (Å²) in [7, 11) is 2.06. The number of fused-ring (bicyclic) bond motifs is 1. The first-order valence-electron chi connectivity index (χ1n) is 6.89. The van der Waals surface area contributed by atoms with Crippen molar-refractivity contribution >= 4 is 0 Å². The SMILES string of the molecule is CCCN(C)CC(O)c1ccc2c(c1)CNCC2. The summed E-state index contributed by atoms with van der Waals surface area (Å²) >= 11 is 0. The molecule has 0 spiro atoms. The van der Waals surface area contributed by atoms with Gasteiger partial charge in [0.15, 0.2) is 0 Å². The molecule has 0 saturated heterocycles. The molecule has 100 valence electrons. The molecule has 18 heavy (non-hydrogen) atoms. The number of hydrogen-bond acceptors (Lipinski definition) is 3. The van der Waals surface area contributed by atoms with Gasteiger partial charge in [-0.2, -0.15) is 0 Å². The van der Waals surface area contributed by atoms with Crippen molar-refractivity contribution in [1.82, 2.24) is 10.2 Å². The Hall–Kier alpha value is -0.900. The maximum atomic E-state index is 10.3. The van der Waals surface area contributed by atoms with E-state index in [-0.39, 0.29) is 6.10 Å². The first-order valence-corrected chi connectivity index (χ1v) is 6.89. The van der Waals surface area contributed by atoms with Gasteiger partial charge in [-0.05, 0) is 49.7 Å². The van der Waals surface area contributed by atoms with Crippen molar-refractivity contribution in [3.63, 3.8) is 0 Å². The number of nitrogens with zero attached hydrogens (tertiary/aromatic N) is 1. The minimum Gasteiger partial charge on any atom is -0.387 e. The summed E-state index contributed by atoms with van der Waals surface area (Å²) in [5, 5.41) is 13.6. The molecule has 1 aromatic carbocycles. The number of hydrogen-bond donors (Lipinski definition) is 2. The summed E-state index contributed by atoms with van der Waals surface area (Å²) in [5.74, 6) is 0. The van der Waals surface area contributed by atoms with Crippen molar-refractivity contribution < 1.29 is 5.11 Å². The molecule has 1 aliphatic heterocycles. The second-order valence-electron chi connectivity index (χ2n) is 5.23. The van der Waals surface area contributed by atoms with E-state index < -0.39 is 0 Å². The van der Waals surface area contributed by atoms with Gasteiger partial charge >= 0.3 is 0 Å². The molecule has 0 bridgehead atoms. The number of likely N-dealkylation sites (N-methyl/N-ethyl adjacent to an activating group) is 1. The fraction of sp³-hybridized carbons (Fsp3) is 0.600. The van der Waals surface area contributed by atoms with Gasteiger partial charge in [0.05, 0.1) is 6.10 Å². The smallest absolute Gasteiger partial charge is 0.0916 e. The number of rotatable bonds is 5. The van der Waals surface area contributed by atoms with E-state index in [1.807, 2.05) is 0 Å². The number of nitrogens with one attached hydrogen (secondary N) is 1. The van der Waals surface area contributed by atoms with Crippen LogP contribution in [0.5, 0.6) is 0 Å². The Morgan fingerprint density at radius 2 is 2.22 bits per heavy atom. The van der Waals surface area contributed by atoms with Crippen LogP contribution in [0.3, 0.4) is 0 Å². The van der Waals surface area contributed by atoms with Gasteiger partial charge < -0.3 is 15.3 Å². The first-order chi connectivity index (χ1) is 8.70. The molecule has 1 aromatic rings. The Balaban J connectivity index is 2.04. The predicted molar refractivity (Wildman–Crippen MR) is 74.6 cm³/mol. The van der Waals surface area contributed by atoms with Gasteiger partial charge in [-0.3, -0.25) is 0 Å². The van der Waals surface area contributed by atoms with E-state index in [1.165, 1.54) is 11.1 Å².